The number of urea groups is 1. The number of likely N-dealkylation sites (tertiary alicyclic amines) is 1. The van der Waals surface area contributed by atoms with Gasteiger partial charge >= 0.3 is 6.03 Å². The highest BCUT2D eigenvalue weighted by Gasteiger charge is 2.42. The van der Waals surface area contributed by atoms with Gasteiger partial charge in [-0.15, -0.1) is 0 Å². The van der Waals surface area contributed by atoms with Crippen molar-refractivity contribution < 1.29 is 28.2 Å². The molecule has 1 aliphatic carbocycles. The fourth-order valence-corrected chi connectivity index (χ4v) is 4.90. The average molecular weight is 464 g/mol. The van der Waals surface area contributed by atoms with Crippen LogP contribution in [-0.2, 0) is 11.2 Å². The maximum absolute atomic E-state index is 14.7. The van der Waals surface area contributed by atoms with Gasteiger partial charge in [-0.25, -0.2) is 18.5 Å². The summed E-state index contributed by atoms with van der Waals surface area (Å²) in [6.07, 6.45) is -0.341. The Morgan fingerprint density at radius 2 is 1.97 bits per heavy atom. The Morgan fingerprint density at radius 3 is 2.66 bits per heavy atom. The molecule has 2 saturated heterocycles. The number of fused-ring (bicyclic) bond motifs is 1. The van der Waals surface area contributed by atoms with E-state index in [1.54, 1.807) is 6.07 Å². The molecule has 3 atom stereocenters. The minimum absolute atomic E-state index is 0.139. The van der Waals surface area contributed by atoms with Crippen LogP contribution in [0.4, 0.5) is 19.3 Å². The van der Waals surface area contributed by atoms with Gasteiger partial charge in [0.1, 0.15) is 11.9 Å². The molecule has 0 aromatic heterocycles. The van der Waals surface area contributed by atoms with Gasteiger partial charge in [-0.1, -0.05) is 11.6 Å². The van der Waals surface area contributed by atoms with Crippen molar-refractivity contribution in [3.63, 3.8) is 0 Å². The van der Waals surface area contributed by atoms with Gasteiger partial charge in [-0.3, -0.25) is 9.69 Å². The smallest absolute Gasteiger partial charge is 0.329 e. The first kappa shape index (κ1) is 21.1. The van der Waals surface area contributed by atoms with Crippen molar-refractivity contribution in [3.8, 4) is 5.75 Å². The molecular formula is C22H20ClF2N3O4. The number of hydrogen-bond donors (Lipinski definition) is 2. The van der Waals surface area contributed by atoms with Gasteiger partial charge in [0, 0.05) is 29.7 Å². The van der Waals surface area contributed by atoms with E-state index in [0.29, 0.717) is 37.1 Å². The Morgan fingerprint density at radius 1 is 1.16 bits per heavy atom. The van der Waals surface area contributed by atoms with Gasteiger partial charge in [0.25, 0.3) is 5.91 Å². The zero-order valence-electron chi connectivity index (χ0n) is 16.9. The molecule has 10 heteroatoms. The van der Waals surface area contributed by atoms with Crippen molar-refractivity contribution in [2.24, 2.45) is 0 Å². The first-order valence-corrected chi connectivity index (χ1v) is 10.7. The summed E-state index contributed by atoms with van der Waals surface area (Å²) in [6, 6.07) is 5.62. The monoisotopic (exact) mass is 463 g/mol. The van der Waals surface area contributed by atoms with E-state index in [0.717, 1.165) is 11.0 Å². The predicted molar refractivity (Wildman–Crippen MR) is 112 cm³/mol. The molecule has 5 rings (SSSR count). The molecule has 2 aromatic rings. The molecule has 2 fully saturated rings. The van der Waals surface area contributed by atoms with Crippen molar-refractivity contribution in [2.45, 2.75) is 31.1 Å². The van der Waals surface area contributed by atoms with Gasteiger partial charge in [0.15, 0.2) is 11.6 Å². The van der Waals surface area contributed by atoms with E-state index >= 15 is 0 Å². The topological polar surface area (TPSA) is 82.1 Å². The molecule has 7 nitrogen and oxygen atoms in total. The highest BCUT2D eigenvalue weighted by atomic mass is 35.5. The number of aliphatic hydroxyl groups is 1. The number of aliphatic hydroxyl groups excluding tert-OH is 1. The molecule has 0 spiro atoms. The lowest BCUT2D eigenvalue weighted by atomic mass is 10.1. The number of nitrogens with one attached hydrogen (secondary N) is 1. The van der Waals surface area contributed by atoms with Crippen molar-refractivity contribution in [1.82, 2.24) is 10.2 Å². The third kappa shape index (κ3) is 3.60. The van der Waals surface area contributed by atoms with Gasteiger partial charge in [0.2, 0.25) is 0 Å². The number of imide groups is 1. The third-order valence-electron chi connectivity index (χ3n) is 6.20. The summed E-state index contributed by atoms with van der Waals surface area (Å²) in [7, 11) is 0. The number of carbonyl (C=O) groups is 2. The second-order valence-corrected chi connectivity index (χ2v) is 8.64. The normalized spacial score (nSPS) is 25.4. The lowest BCUT2D eigenvalue weighted by molar-refractivity contribution is -0.115. The van der Waals surface area contributed by atoms with Crippen molar-refractivity contribution >= 4 is 29.2 Å². The maximum Gasteiger partial charge on any atom is 0.329 e. The summed E-state index contributed by atoms with van der Waals surface area (Å²) in [5.74, 6) is -1.77. The van der Waals surface area contributed by atoms with Crippen LogP contribution in [0.1, 0.15) is 23.7 Å². The largest absolute Gasteiger partial charge is 0.481 e. The number of anilines is 1. The second kappa shape index (κ2) is 7.99. The molecule has 2 aromatic carbocycles. The molecule has 2 N–H and O–H groups in total. The van der Waals surface area contributed by atoms with E-state index in [1.807, 2.05) is 4.90 Å². The van der Waals surface area contributed by atoms with Crippen molar-refractivity contribution in [2.75, 3.05) is 24.5 Å². The molecule has 0 radical (unpaired) electrons. The first-order chi connectivity index (χ1) is 15.3. The minimum atomic E-state index is -0.753. The van der Waals surface area contributed by atoms with E-state index in [-0.39, 0.29) is 29.0 Å². The third-order valence-corrected chi connectivity index (χ3v) is 6.42. The number of nitrogens with zero attached hydrogens (tertiary/aromatic N) is 2. The maximum atomic E-state index is 14.7. The molecule has 2 heterocycles. The SMILES string of the molecule is O=C1CNC(=O)N1c1ccc(F)c(O[C@H]2c3cc(Cl)cc(F)c3C[C@H]2N2CC[C@@H](O)C2)c1. The minimum Gasteiger partial charge on any atom is -0.481 e. The van der Waals surface area contributed by atoms with E-state index in [9.17, 15) is 23.5 Å². The average Bonchev–Trinajstić information content (AvgIpc) is 3.42. The van der Waals surface area contributed by atoms with E-state index in [2.05, 4.69) is 5.32 Å². The van der Waals surface area contributed by atoms with Crippen LogP contribution in [0.25, 0.3) is 0 Å². The van der Waals surface area contributed by atoms with Crippen LogP contribution < -0.4 is 15.0 Å². The Labute approximate surface area is 187 Å². The van der Waals surface area contributed by atoms with Gasteiger partial charge < -0.3 is 15.2 Å². The number of benzene rings is 2. The summed E-state index contributed by atoms with van der Waals surface area (Å²) in [5.41, 5.74) is 1.13. The summed E-state index contributed by atoms with van der Waals surface area (Å²) in [6.45, 7) is 0.860. The van der Waals surface area contributed by atoms with Crippen molar-refractivity contribution in [3.05, 3.63) is 58.1 Å². The Hall–Kier alpha value is -2.75. The van der Waals surface area contributed by atoms with Crippen LogP contribution in [0.5, 0.6) is 5.75 Å². The van der Waals surface area contributed by atoms with Crippen LogP contribution in [0.15, 0.2) is 30.3 Å². The van der Waals surface area contributed by atoms with Crippen molar-refractivity contribution in [1.29, 1.82) is 0 Å². The molecule has 0 bridgehead atoms. The fourth-order valence-electron chi connectivity index (χ4n) is 4.69. The lowest BCUT2D eigenvalue weighted by Gasteiger charge is -2.30. The summed E-state index contributed by atoms with van der Waals surface area (Å²) < 4.78 is 35.5. The number of halogens is 3. The fraction of sp³-hybridized carbons (Fsp3) is 0.364. The molecule has 2 aliphatic heterocycles. The summed E-state index contributed by atoms with van der Waals surface area (Å²) in [5, 5.41) is 12.6. The standard InChI is InChI=1S/C22H20ClF2N3O4/c23-11-5-15-14(17(25)6-11)8-18(27-4-3-13(29)10-27)21(15)32-19-7-12(1-2-16(19)24)28-20(30)9-26-22(28)31/h1-2,5-7,13,18,21,29H,3-4,8-10H2,(H,26,31)/t13-,18-,21+/m1/s1. The Kier molecular flexibility index (Phi) is 5.27. The zero-order chi connectivity index (χ0) is 22.6. The quantitative estimate of drug-likeness (QED) is 0.681. The number of rotatable bonds is 4. The van der Waals surface area contributed by atoms with E-state index in [1.165, 1.54) is 18.2 Å². The molecular weight excluding hydrogens is 444 g/mol. The number of ether oxygens (including phenoxy) is 1. The van der Waals surface area contributed by atoms with Crippen LogP contribution in [0.2, 0.25) is 5.02 Å². The molecule has 0 saturated carbocycles. The molecule has 0 unspecified atom stereocenters. The van der Waals surface area contributed by atoms with Gasteiger partial charge in [-0.05, 0) is 42.7 Å². The predicted octanol–water partition coefficient (Wildman–Crippen LogP) is 2.79. The molecule has 3 amide bonds. The number of amides is 3. The second-order valence-electron chi connectivity index (χ2n) is 8.21. The van der Waals surface area contributed by atoms with Crippen LogP contribution >= 0.6 is 11.6 Å². The van der Waals surface area contributed by atoms with E-state index in [4.69, 9.17) is 16.3 Å². The molecule has 3 aliphatic rings. The van der Waals surface area contributed by atoms with Crippen LogP contribution in [0, 0.1) is 11.6 Å². The Bertz CT molecular complexity index is 1100. The van der Waals surface area contributed by atoms with Gasteiger partial charge in [-0.2, -0.15) is 0 Å². The summed E-state index contributed by atoms with van der Waals surface area (Å²) >= 11 is 6.09. The van der Waals surface area contributed by atoms with Gasteiger partial charge in [0.05, 0.1) is 24.4 Å². The molecule has 32 heavy (non-hydrogen) atoms. The lowest BCUT2D eigenvalue weighted by Crippen LogP contribution is -2.39. The zero-order valence-corrected chi connectivity index (χ0v) is 17.6. The molecule has 168 valence electrons. The highest BCUT2D eigenvalue weighted by molar-refractivity contribution is 6.30. The first-order valence-electron chi connectivity index (χ1n) is 10.3. The van der Waals surface area contributed by atoms with E-state index < -0.39 is 35.8 Å². The van der Waals surface area contributed by atoms with Crippen LogP contribution in [0.3, 0.4) is 0 Å². The van der Waals surface area contributed by atoms with Crippen LogP contribution in [-0.4, -0.2) is 53.7 Å². The number of hydrogen-bond acceptors (Lipinski definition) is 5. The summed E-state index contributed by atoms with van der Waals surface area (Å²) in [4.78, 5) is 27.0. The Balaban J connectivity index is 1.52. The number of carbonyl (C=O) groups excluding carboxylic acids is 2. The number of β-amino-alcohol motifs (C(OH)–C–C–N with tert-alkyl or cyclic N) is 1. The highest BCUT2D eigenvalue weighted by Crippen LogP contribution is 2.42.